The van der Waals surface area contributed by atoms with Gasteiger partial charge in [0.15, 0.2) is 0 Å². The van der Waals surface area contributed by atoms with E-state index in [4.69, 9.17) is 4.42 Å². The number of carbonyl (C=O) groups excluding carboxylic acids is 3. The normalized spacial score (nSPS) is 15.0. The zero-order valence-electron chi connectivity index (χ0n) is 12.8. The Morgan fingerprint density at radius 1 is 1.26 bits per heavy atom. The molecule has 0 unspecified atom stereocenters. The van der Waals surface area contributed by atoms with Crippen molar-refractivity contribution in [1.29, 1.82) is 0 Å². The molecule has 0 spiro atoms. The van der Waals surface area contributed by atoms with Crippen molar-refractivity contribution in [1.82, 2.24) is 20.4 Å². The predicted molar refractivity (Wildman–Crippen MR) is 82.8 cm³/mol. The van der Waals surface area contributed by atoms with Crippen molar-refractivity contribution >= 4 is 17.8 Å². The third-order valence-electron chi connectivity index (χ3n) is 3.45. The standard InChI is InChI=1S/C15H20N4O4/c1-2-4-16-15(22)17-13(20)10-18-5-7-19(8-6-18)14(21)12-3-9-23-11-12/h2-3,9,11H,1,4-8,10H2,(H2,16,17,20,22). The van der Waals surface area contributed by atoms with E-state index in [1.807, 2.05) is 4.90 Å². The molecule has 1 fully saturated rings. The van der Waals surface area contributed by atoms with Gasteiger partial charge in [-0.05, 0) is 6.07 Å². The van der Waals surface area contributed by atoms with Crippen LogP contribution in [0, 0.1) is 0 Å². The van der Waals surface area contributed by atoms with Crippen LogP contribution in [0.2, 0.25) is 0 Å². The summed E-state index contributed by atoms with van der Waals surface area (Å²) >= 11 is 0. The van der Waals surface area contributed by atoms with Gasteiger partial charge in [-0.2, -0.15) is 0 Å². The molecule has 8 heteroatoms. The van der Waals surface area contributed by atoms with Gasteiger partial charge in [0, 0.05) is 32.7 Å². The quantitative estimate of drug-likeness (QED) is 0.748. The van der Waals surface area contributed by atoms with E-state index in [2.05, 4.69) is 17.2 Å². The Morgan fingerprint density at radius 2 is 2.00 bits per heavy atom. The zero-order chi connectivity index (χ0) is 16.7. The molecule has 0 radical (unpaired) electrons. The van der Waals surface area contributed by atoms with E-state index < -0.39 is 6.03 Å². The summed E-state index contributed by atoms with van der Waals surface area (Å²) in [6.07, 6.45) is 4.41. The third-order valence-corrected chi connectivity index (χ3v) is 3.45. The predicted octanol–water partition coefficient (Wildman–Crippen LogP) is 0.0492. The van der Waals surface area contributed by atoms with Crippen molar-refractivity contribution < 1.29 is 18.8 Å². The van der Waals surface area contributed by atoms with Gasteiger partial charge in [-0.15, -0.1) is 6.58 Å². The van der Waals surface area contributed by atoms with Gasteiger partial charge in [-0.1, -0.05) is 6.08 Å². The number of nitrogens with one attached hydrogen (secondary N) is 2. The second-order valence-corrected chi connectivity index (χ2v) is 5.13. The number of furan rings is 1. The Labute approximate surface area is 134 Å². The Balaban J connectivity index is 1.72. The maximum absolute atomic E-state index is 12.1. The van der Waals surface area contributed by atoms with Gasteiger partial charge in [0.25, 0.3) is 5.91 Å². The fraction of sp³-hybridized carbons (Fsp3) is 0.400. The van der Waals surface area contributed by atoms with Crippen molar-refractivity contribution in [2.75, 3.05) is 39.3 Å². The molecule has 1 aromatic heterocycles. The molecule has 1 saturated heterocycles. The summed E-state index contributed by atoms with van der Waals surface area (Å²) < 4.78 is 4.91. The van der Waals surface area contributed by atoms with Gasteiger partial charge < -0.3 is 14.6 Å². The molecule has 0 atom stereocenters. The van der Waals surface area contributed by atoms with Crippen molar-refractivity contribution in [3.05, 3.63) is 36.8 Å². The van der Waals surface area contributed by atoms with E-state index in [9.17, 15) is 14.4 Å². The van der Waals surface area contributed by atoms with Crippen LogP contribution in [0.5, 0.6) is 0 Å². The van der Waals surface area contributed by atoms with Crippen LogP contribution in [0.4, 0.5) is 4.79 Å². The van der Waals surface area contributed by atoms with Crippen LogP contribution >= 0.6 is 0 Å². The fourth-order valence-corrected chi connectivity index (χ4v) is 2.26. The minimum atomic E-state index is -0.538. The van der Waals surface area contributed by atoms with Crippen molar-refractivity contribution in [2.24, 2.45) is 0 Å². The van der Waals surface area contributed by atoms with Crippen LogP contribution in [0.15, 0.2) is 35.7 Å². The number of urea groups is 1. The monoisotopic (exact) mass is 320 g/mol. The van der Waals surface area contributed by atoms with E-state index in [1.165, 1.54) is 18.6 Å². The van der Waals surface area contributed by atoms with Crippen molar-refractivity contribution in [3.63, 3.8) is 0 Å². The topological polar surface area (TPSA) is 94.9 Å². The third kappa shape index (κ3) is 4.96. The van der Waals surface area contributed by atoms with E-state index in [1.54, 1.807) is 11.0 Å². The molecule has 23 heavy (non-hydrogen) atoms. The number of imide groups is 1. The first-order valence-corrected chi connectivity index (χ1v) is 7.32. The van der Waals surface area contributed by atoms with Crippen LogP contribution in [-0.2, 0) is 4.79 Å². The molecule has 1 aliphatic heterocycles. The number of hydrogen-bond acceptors (Lipinski definition) is 5. The number of rotatable bonds is 5. The summed E-state index contributed by atoms with van der Waals surface area (Å²) in [5.41, 5.74) is 0.523. The molecule has 8 nitrogen and oxygen atoms in total. The summed E-state index contributed by atoms with van der Waals surface area (Å²) in [6, 6.07) is 1.09. The SMILES string of the molecule is C=CCNC(=O)NC(=O)CN1CCN(C(=O)c2ccoc2)CC1. The Bertz CT molecular complexity index is 562. The smallest absolute Gasteiger partial charge is 0.321 e. The molecule has 0 bridgehead atoms. The van der Waals surface area contributed by atoms with Gasteiger partial charge in [0.1, 0.15) is 6.26 Å². The molecule has 0 aliphatic carbocycles. The van der Waals surface area contributed by atoms with Gasteiger partial charge >= 0.3 is 6.03 Å². The lowest BCUT2D eigenvalue weighted by atomic mass is 10.2. The number of piperazine rings is 1. The molecule has 1 aromatic rings. The number of hydrogen-bond donors (Lipinski definition) is 2. The molecular formula is C15H20N4O4. The van der Waals surface area contributed by atoms with E-state index in [-0.39, 0.29) is 18.4 Å². The van der Waals surface area contributed by atoms with Crippen LogP contribution in [-0.4, -0.2) is 66.9 Å². The lowest BCUT2D eigenvalue weighted by Gasteiger charge is -2.34. The van der Waals surface area contributed by atoms with E-state index in [0.29, 0.717) is 38.3 Å². The van der Waals surface area contributed by atoms with Gasteiger partial charge in [-0.25, -0.2) is 4.79 Å². The first-order chi connectivity index (χ1) is 11.1. The number of nitrogens with zero attached hydrogens (tertiary/aromatic N) is 2. The minimum absolute atomic E-state index is 0.0772. The first-order valence-electron chi connectivity index (χ1n) is 7.32. The maximum Gasteiger partial charge on any atom is 0.321 e. The second-order valence-electron chi connectivity index (χ2n) is 5.13. The average molecular weight is 320 g/mol. The highest BCUT2D eigenvalue weighted by molar-refractivity contribution is 5.95. The highest BCUT2D eigenvalue weighted by Gasteiger charge is 2.24. The van der Waals surface area contributed by atoms with Crippen molar-refractivity contribution in [3.8, 4) is 0 Å². The van der Waals surface area contributed by atoms with Gasteiger partial charge in [-0.3, -0.25) is 19.8 Å². The summed E-state index contributed by atoms with van der Waals surface area (Å²) in [4.78, 5) is 38.9. The maximum atomic E-state index is 12.1. The van der Waals surface area contributed by atoms with Crippen LogP contribution in [0.25, 0.3) is 0 Å². The summed E-state index contributed by atoms with van der Waals surface area (Å²) in [6.45, 7) is 6.10. The molecule has 4 amide bonds. The Morgan fingerprint density at radius 3 is 2.61 bits per heavy atom. The van der Waals surface area contributed by atoms with E-state index in [0.717, 1.165) is 0 Å². The molecule has 0 saturated carbocycles. The molecule has 0 aromatic carbocycles. The molecule has 1 aliphatic rings. The highest BCUT2D eigenvalue weighted by atomic mass is 16.3. The van der Waals surface area contributed by atoms with Crippen molar-refractivity contribution in [2.45, 2.75) is 0 Å². The molecule has 2 rings (SSSR count). The van der Waals surface area contributed by atoms with Crippen LogP contribution < -0.4 is 10.6 Å². The van der Waals surface area contributed by atoms with E-state index >= 15 is 0 Å². The number of carbonyl (C=O) groups is 3. The zero-order valence-corrected chi connectivity index (χ0v) is 12.8. The average Bonchev–Trinajstić information content (AvgIpc) is 3.07. The molecule has 2 N–H and O–H groups in total. The van der Waals surface area contributed by atoms with Crippen LogP contribution in [0.3, 0.4) is 0 Å². The summed E-state index contributed by atoms with van der Waals surface area (Å²) in [7, 11) is 0. The number of amides is 4. The largest absolute Gasteiger partial charge is 0.472 e. The fourth-order valence-electron chi connectivity index (χ4n) is 2.26. The lowest BCUT2D eigenvalue weighted by molar-refractivity contribution is -0.121. The lowest BCUT2D eigenvalue weighted by Crippen LogP contribution is -2.52. The summed E-state index contributed by atoms with van der Waals surface area (Å²) in [5, 5.41) is 4.72. The Kier molecular flexibility index (Phi) is 5.93. The molecule has 124 valence electrons. The summed E-state index contributed by atoms with van der Waals surface area (Å²) in [5.74, 6) is -0.451. The highest BCUT2D eigenvalue weighted by Crippen LogP contribution is 2.09. The first kappa shape index (κ1) is 16.8. The Hall–Kier alpha value is -2.61. The van der Waals surface area contributed by atoms with Gasteiger partial charge in [0.2, 0.25) is 5.91 Å². The van der Waals surface area contributed by atoms with Gasteiger partial charge in [0.05, 0.1) is 18.4 Å². The molecular weight excluding hydrogens is 300 g/mol. The van der Waals surface area contributed by atoms with Crippen LogP contribution in [0.1, 0.15) is 10.4 Å². The molecule has 2 heterocycles. The minimum Gasteiger partial charge on any atom is -0.472 e. The second kappa shape index (κ2) is 8.14.